The fourth-order valence-electron chi connectivity index (χ4n) is 2.06. The van der Waals surface area contributed by atoms with Crippen LogP contribution in [0.3, 0.4) is 0 Å². The Morgan fingerprint density at radius 2 is 1.76 bits per heavy atom. The fourth-order valence-corrected chi connectivity index (χ4v) is 2.06. The van der Waals surface area contributed by atoms with E-state index in [1.54, 1.807) is 6.07 Å². The van der Waals surface area contributed by atoms with Crippen LogP contribution in [0.5, 0.6) is 5.75 Å². The van der Waals surface area contributed by atoms with Crippen molar-refractivity contribution < 1.29 is 9.53 Å². The van der Waals surface area contributed by atoms with E-state index in [1.165, 1.54) is 0 Å². The zero-order valence-corrected chi connectivity index (χ0v) is 12.6. The minimum absolute atomic E-state index is 0.0436. The molecule has 3 N–H and O–H groups in total. The zero-order valence-electron chi connectivity index (χ0n) is 12.6. The summed E-state index contributed by atoms with van der Waals surface area (Å²) >= 11 is 0. The maximum Gasteiger partial charge on any atom is 0.262 e. The summed E-state index contributed by atoms with van der Waals surface area (Å²) in [5, 5.41) is 2.79. The van der Waals surface area contributed by atoms with Crippen molar-refractivity contribution in [2.45, 2.75) is 20.8 Å². The molecule has 4 nitrogen and oxygen atoms in total. The van der Waals surface area contributed by atoms with Gasteiger partial charge in [0.15, 0.2) is 6.61 Å². The molecule has 2 aromatic rings. The number of amides is 1. The Kier molecular flexibility index (Phi) is 4.48. The van der Waals surface area contributed by atoms with Crippen LogP contribution in [0.15, 0.2) is 36.4 Å². The predicted octanol–water partition coefficient (Wildman–Crippen LogP) is 3.21. The van der Waals surface area contributed by atoms with Gasteiger partial charge in [0.2, 0.25) is 0 Å². The van der Waals surface area contributed by atoms with Gasteiger partial charge in [-0.05, 0) is 49.6 Å². The lowest BCUT2D eigenvalue weighted by Gasteiger charge is -2.13. The van der Waals surface area contributed by atoms with Gasteiger partial charge < -0.3 is 15.8 Å². The minimum atomic E-state index is -0.225. The normalized spacial score (nSPS) is 10.2. The summed E-state index contributed by atoms with van der Waals surface area (Å²) in [6.07, 6.45) is 0. The monoisotopic (exact) mass is 284 g/mol. The molecule has 1 amide bonds. The predicted molar refractivity (Wildman–Crippen MR) is 85.6 cm³/mol. The number of aryl methyl sites for hydroxylation is 2. The Bertz CT molecular complexity index is 646. The second-order valence-corrected chi connectivity index (χ2v) is 5.07. The van der Waals surface area contributed by atoms with Crippen LogP contribution in [0, 0.1) is 20.8 Å². The Labute approximate surface area is 124 Å². The molecular formula is C17H20N2O2. The summed E-state index contributed by atoms with van der Waals surface area (Å²) < 4.78 is 5.58. The number of para-hydroxylation sites is 1. The molecule has 0 saturated heterocycles. The van der Waals surface area contributed by atoms with Gasteiger partial charge in [-0.2, -0.15) is 0 Å². The number of nitrogen functional groups attached to an aromatic ring is 1. The first-order valence-corrected chi connectivity index (χ1v) is 6.83. The van der Waals surface area contributed by atoms with Gasteiger partial charge in [0.05, 0.1) is 11.4 Å². The molecule has 0 fully saturated rings. The number of ether oxygens (including phenoxy) is 1. The van der Waals surface area contributed by atoms with Crippen molar-refractivity contribution in [3.05, 3.63) is 53.1 Å². The first kappa shape index (κ1) is 14.9. The van der Waals surface area contributed by atoms with Crippen LogP contribution in [0.25, 0.3) is 0 Å². The Morgan fingerprint density at radius 3 is 2.48 bits per heavy atom. The van der Waals surface area contributed by atoms with Gasteiger partial charge >= 0.3 is 0 Å². The van der Waals surface area contributed by atoms with E-state index in [1.807, 2.05) is 51.1 Å². The van der Waals surface area contributed by atoms with Crippen LogP contribution < -0.4 is 15.8 Å². The molecule has 2 aromatic carbocycles. The molecule has 0 spiro atoms. The van der Waals surface area contributed by atoms with Gasteiger partial charge in [0, 0.05) is 0 Å². The highest BCUT2D eigenvalue weighted by Crippen LogP contribution is 2.23. The number of carbonyl (C=O) groups is 1. The third kappa shape index (κ3) is 3.54. The number of rotatable bonds is 4. The average molecular weight is 284 g/mol. The van der Waals surface area contributed by atoms with Gasteiger partial charge in [-0.25, -0.2) is 0 Å². The van der Waals surface area contributed by atoms with Crippen molar-refractivity contribution in [2.24, 2.45) is 0 Å². The molecule has 0 atom stereocenters. The first-order chi connectivity index (χ1) is 9.99. The minimum Gasteiger partial charge on any atom is -0.483 e. The molecule has 0 aliphatic rings. The number of hydrogen-bond acceptors (Lipinski definition) is 3. The van der Waals surface area contributed by atoms with E-state index >= 15 is 0 Å². The topological polar surface area (TPSA) is 64.3 Å². The van der Waals surface area contributed by atoms with Crippen LogP contribution in [0.4, 0.5) is 11.4 Å². The Morgan fingerprint density at radius 1 is 1.10 bits per heavy atom. The lowest BCUT2D eigenvalue weighted by atomic mass is 10.1. The number of carbonyl (C=O) groups excluding carboxylic acids is 1. The lowest BCUT2D eigenvalue weighted by Crippen LogP contribution is -2.21. The first-order valence-electron chi connectivity index (χ1n) is 6.83. The molecular weight excluding hydrogens is 264 g/mol. The number of benzene rings is 2. The average Bonchev–Trinajstić information content (AvgIpc) is 2.45. The van der Waals surface area contributed by atoms with E-state index in [-0.39, 0.29) is 12.5 Å². The van der Waals surface area contributed by atoms with Gasteiger partial charge in [0.1, 0.15) is 5.75 Å². The van der Waals surface area contributed by atoms with E-state index in [0.29, 0.717) is 11.4 Å². The van der Waals surface area contributed by atoms with Gasteiger partial charge in [-0.1, -0.05) is 24.3 Å². The van der Waals surface area contributed by atoms with Crippen molar-refractivity contribution in [1.29, 1.82) is 0 Å². The van der Waals surface area contributed by atoms with Crippen LogP contribution in [0.1, 0.15) is 16.7 Å². The lowest BCUT2D eigenvalue weighted by molar-refractivity contribution is -0.118. The van der Waals surface area contributed by atoms with Crippen LogP contribution in [-0.4, -0.2) is 12.5 Å². The van der Waals surface area contributed by atoms with E-state index in [2.05, 4.69) is 5.32 Å². The number of anilines is 2. The van der Waals surface area contributed by atoms with Gasteiger partial charge in [0.25, 0.3) is 5.91 Å². The molecule has 21 heavy (non-hydrogen) atoms. The third-order valence-electron chi connectivity index (χ3n) is 3.48. The smallest absolute Gasteiger partial charge is 0.262 e. The largest absolute Gasteiger partial charge is 0.483 e. The zero-order chi connectivity index (χ0) is 15.4. The van der Waals surface area contributed by atoms with Crippen LogP contribution in [0.2, 0.25) is 0 Å². The summed E-state index contributed by atoms with van der Waals surface area (Å²) in [5.74, 6) is 0.500. The van der Waals surface area contributed by atoms with E-state index in [9.17, 15) is 4.79 Å². The van der Waals surface area contributed by atoms with Gasteiger partial charge in [-0.15, -0.1) is 0 Å². The van der Waals surface area contributed by atoms with E-state index in [0.717, 1.165) is 22.4 Å². The van der Waals surface area contributed by atoms with Crippen molar-refractivity contribution in [3.8, 4) is 5.75 Å². The number of nitrogens with one attached hydrogen (secondary N) is 1. The van der Waals surface area contributed by atoms with Crippen molar-refractivity contribution in [2.75, 3.05) is 17.7 Å². The van der Waals surface area contributed by atoms with Crippen molar-refractivity contribution in [3.63, 3.8) is 0 Å². The van der Waals surface area contributed by atoms with E-state index < -0.39 is 0 Å². The molecule has 0 unspecified atom stereocenters. The van der Waals surface area contributed by atoms with Crippen molar-refractivity contribution in [1.82, 2.24) is 0 Å². The third-order valence-corrected chi connectivity index (χ3v) is 3.48. The van der Waals surface area contributed by atoms with Crippen molar-refractivity contribution >= 4 is 17.3 Å². The highest BCUT2D eigenvalue weighted by Gasteiger charge is 2.09. The molecule has 2 rings (SSSR count). The second-order valence-electron chi connectivity index (χ2n) is 5.07. The molecule has 0 aliphatic heterocycles. The summed E-state index contributed by atoms with van der Waals surface area (Å²) in [6, 6.07) is 11.3. The fraction of sp³-hybridized carbons (Fsp3) is 0.235. The second kappa shape index (κ2) is 6.31. The van der Waals surface area contributed by atoms with Crippen LogP contribution in [-0.2, 0) is 4.79 Å². The highest BCUT2D eigenvalue weighted by molar-refractivity contribution is 5.95. The van der Waals surface area contributed by atoms with Gasteiger partial charge in [-0.3, -0.25) is 4.79 Å². The van der Waals surface area contributed by atoms with E-state index in [4.69, 9.17) is 10.5 Å². The summed E-state index contributed by atoms with van der Waals surface area (Å²) in [4.78, 5) is 12.0. The molecule has 0 aromatic heterocycles. The molecule has 0 aliphatic carbocycles. The molecule has 0 heterocycles. The summed E-state index contributed by atoms with van der Waals surface area (Å²) in [5.41, 5.74) is 10.2. The SMILES string of the molecule is Cc1cccc(OCC(=O)Nc2c(C)cccc2N)c1C. The summed E-state index contributed by atoms with van der Waals surface area (Å²) in [7, 11) is 0. The number of hydrogen-bond donors (Lipinski definition) is 2. The molecule has 0 bridgehead atoms. The summed E-state index contributed by atoms with van der Waals surface area (Å²) in [6.45, 7) is 5.84. The maximum absolute atomic E-state index is 12.0. The number of nitrogens with two attached hydrogens (primary N) is 1. The Hall–Kier alpha value is -2.49. The van der Waals surface area contributed by atoms with Crippen LogP contribution >= 0.6 is 0 Å². The standard InChI is InChI=1S/C17H20N2O2/c1-11-6-5-9-15(13(11)3)21-10-16(20)19-17-12(2)7-4-8-14(17)18/h4-9H,10,18H2,1-3H3,(H,19,20). The molecule has 110 valence electrons. The molecule has 4 heteroatoms. The quantitative estimate of drug-likeness (QED) is 0.847. The molecule has 0 radical (unpaired) electrons. The maximum atomic E-state index is 12.0. The highest BCUT2D eigenvalue weighted by atomic mass is 16.5. The molecule has 0 saturated carbocycles. The Balaban J connectivity index is 2.01.